The van der Waals surface area contributed by atoms with E-state index in [1.54, 1.807) is 6.07 Å². The zero-order valence-corrected chi connectivity index (χ0v) is 9.65. The first-order chi connectivity index (χ1) is 8.17. The van der Waals surface area contributed by atoms with Crippen molar-refractivity contribution in [3.8, 4) is 0 Å². The Labute approximate surface area is 99.5 Å². The molecule has 4 heteroatoms. The minimum Gasteiger partial charge on any atom is -0.325 e. The van der Waals surface area contributed by atoms with Crippen LogP contribution in [0.2, 0.25) is 0 Å². The van der Waals surface area contributed by atoms with Crippen molar-refractivity contribution in [2.24, 2.45) is 5.73 Å². The molecule has 3 nitrogen and oxygen atoms in total. The molecule has 1 heterocycles. The van der Waals surface area contributed by atoms with Gasteiger partial charge in [-0.2, -0.15) is 0 Å². The third-order valence-electron chi connectivity index (χ3n) is 2.41. The lowest BCUT2D eigenvalue weighted by molar-refractivity contribution is 0.625. The van der Waals surface area contributed by atoms with Gasteiger partial charge in [-0.05, 0) is 30.7 Å². The monoisotopic (exact) mass is 231 g/mol. The van der Waals surface area contributed by atoms with Crippen LogP contribution in [0, 0.1) is 12.7 Å². The maximum Gasteiger partial charge on any atom is 0.133 e. The molecule has 0 atom stereocenters. The van der Waals surface area contributed by atoms with Crippen molar-refractivity contribution in [1.29, 1.82) is 0 Å². The SMILES string of the molecule is Cc1cc(CN)nc(Cc2cccc(F)c2)n1. The zero-order chi connectivity index (χ0) is 12.3. The van der Waals surface area contributed by atoms with Gasteiger partial charge in [0, 0.05) is 18.7 Å². The average Bonchev–Trinajstić information content (AvgIpc) is 2.28. The van der Waals surface area contributed by atoms with Gasteiger partial charge in [-0.15, -0.1) is 0 Å². The predicted molar refractivity (Wildman–Crippen MR) is 63.9 cm³/mol. The van der Waals surface area contributed by atoms with E-state index in [1.165, 1.54) is 12.1 Å². The van der Waals surface area contributed by atoms with E-state index >= 15 is 0 Å². The minimum absolute atomic E-state index is 0.241. The standard InChI is InChI=1S/C13H14FN3/c1-9-5-12(8-15)17-13(16-9)7-10-3-2-4-11(14)6-10/h2-6H,7-8,15H2,1H3. The Bertz CT molecular complexity index is 526. The Kier molecular flexibility index (Phi) is 3.44. The van der Waals surface area contributed by atoms with E-state index in [-0.39, 0.29) is 5.82 Å². The molecule has 0 unspecified atom stereocenters. The van der Waals surface area contributed by atoms with Crippen molar-refractivity contribution in [2.45, 2.75) is 19.9 Å². The van der Waals surface area contributed by atoms with E-state index in [0.717, 1.165) is 17.0 Å². The summed E-state index contributed by atoms with van der Waals surface area (Å²) in [5.74, 6) is 0.435. The quantitative estimate of drug-likeness (QED) is 0.878. The van der Waals surface area contributed by atoms with E-state index in [4.69, 9.17) is 5.73 Å². The van der Waals surface area contributed by atoms with Crippen LogP contribution in [-0.2, 0) is 13.0 Å². The van der Waals surface area contributed by atoms with Crippen LogP contribution in [0.1, 0.15) is 22.8 Å². The lowest BCUT2D eigenvalue weighted by Gasteiger charge is -2.04. The fourth-order valence-corrected chi connectivity index (χ4v) is 1.71. The van der Waals surface area contributed by atoms with Gasteiger partial charge < -0.3 is 5.73 Å². The number of hydrogen-bond acceptors (Lipinski definition) is 3. The summed E-state index contributed by atoms with van der Waals surface area (Å²) in [5, 5.41) is 0. The molecule has 2 N–H and O–H groups in total. The Hall–Kier alpha value is -1.81. The van der Waals surface area contributed by atoms with Crippen LogP contribution >= 0.6 is 0 Å². The van der Waals surface area contributed by atoms with E-state index in [0.29, 0.717) is 18.8 Å². The second kappa shape index (κ2) is 5.01. The van der Waals surface area contributed by atoms with Crippen LogP contribution in [0.25, 0.3) is 0 Å². The van der Waals surface area contributed by atoms with Gasteiger partial charge in [0.25, 0.3) is 0 Å². The van der Waals surface area contributed by atoms with Crippen molar-refractivity contribution in [2.75, 3.05) is 0 Å². The molecule has 0 aliphatic rings. The van der Waals surface area contributed by atoms with Gasteiger partial charge in [0.2, 0.25) is 0 Å². The number of hydrogen-bond donors (Lipinski definition) is 1. The first kappa shape index (κ1) is 11.7. The summed E-state index contributed by atoms with van der Waals surface area (Å²) >= 11 is 0. The summed E-state index contributed by atoms with van der Waals surface area (Å²) in [5.41, 5.74) is 8.11. The maximum atomic E-state index is 13.0. The number of nitrogens with two attached hydrogens (primary N) is 1. The molecule has 2 aromatic rings. The van der Waals surface area contributed by atoms with E-state index in [2.05, 4.69) is 9.97 Å². The molecule has 88 valence electrons. The molecule has 0 saturated heterocycles. The maximum absolute atomic E-state index is 13.0. The number of aryl methyl sites for hydroxylation is 1. The number of benzene rings is 1. The summed E-state index contributed by atoms with van der Waals surface area (Å²) in [6, 6.07) is 8.32. The largest absolute Gasteiger partial charge is 0.325 e. The third-order valence-corrected chi connectivity index (χ3v) is 2.41. The fraction of sp³-hybridized carbons (Fsp3) is 0.231. The van der Waals surface area contributed by atoms with E-state index in [1.807, 2.05) is 19.1 Å². The van der Waals surface area contributed by atoms with Crippen molar-refractivity contribution in [1.82, 2.24) is 9.97 Å². The summed E-state index contributed by atoms with van der Waals surface area (Å²) in [6.45, 7) is 2.29. The third kappa shape index (κ3) is 3.07. The highest BCUT2D eigenvalue weighted by Gasteiger charge is 2.03. The number of halogens is 1. The smallest absolute Gasteiger partial charge is 0.133 e. The van der Waals surface area contributed by atoms with Crippen LogP contribution in [0.5, 0.6) is 0 Å². The molecule has 2 rings (SSSR count). The summed E-state index contributed by atoms with van der Waals surface area (Å²) in [4.78, 5) is 8.64. The normalized spacial score (nSPS) is 10.5. The Morgan fingerprint density at radius 1 is 1.24 bits per heavy atom. The molecular weight excluding hydrogens is 217 g/mol. The van der Waals surface area contributed by atoms with Crippen molar-refractivity contribution in [3.05, 3.63) is 58.9 Å². The Morgan fingerprint density at radius 2 is 2.06 bits per heavy atom. The van der Waals surface area contributed by atoms with Crippen molar-refractivity contribution < 1.29 is 4.39 Å². The highest BCUT2D eigenvalue weighted by atomic mass is 19.1. The molecule has 0 spiro atoms. The van der Waals surface area contributed by atoms with Gasteiger partial charge >= 0.3 is 0 Å². The number of rotatable bonds is 3. The van der Waals surface area contributed by atoms with Crippen molar-refractivity contribution >= 4 is 0 Å². The van der Waals surface area contributed by atoms with Gasteiger partial charge in [0.05, 0.1) is 5.69 Å². The fourth-order valence-electron chi connectivity index (χ4n) is 1.71. The minimum atomic E-state index is -0.241. The van der Waals surface area contributed by atoms with Gasteiger partial charge in [0.15, 0.2) is 0 Å². The molecule has 1 aromatic heterocycles. The first-order valence-corrected chi connectivity index (χ1v) is 5.45. The number of aromatic nitrogens is 2. The predicted octanol–water partition coefficient (Wildman–Crippen LogP) is 1.97. The zero-order valence-electron chi connectivity index (χ0n) is 9.65. The van der Waals surface area contributed by atoms with Gasteiger partial charge in [-0.1, -0.05) is 12.1 Å². The molecule has 0 saturated carbocycles. The number of nitrogens with zero attached hydrogens (tertiary/aromatic N) is 2. The second-order valence-corrected chi connectivity index (χ2v) is 3.93. The van der Waals surface area contributed by atoms with Gasteiger partial charge in [-0.25, -0.2) is 14.4 Å². The highest BCUT2D eigenvalue weighted by Crippen LogP contribution is 2.09. The molecule has 17 heavy (non-hydrogen) atoms. The van der Waals surface area contributed by atoms with Crippen LogP contribution < -0.4 is 5.73 Å². The first-order valence-electron chi connectivity index (χ1n) is 5.45. The van der Waals surface area contributed by atoms with Gasteiger partial charge in [0.1, 0.15) is 11.6 Å². The molecule has 0 radical (unpaired) electrons. The lowest BCUT2D eigenvalue weighted by atomic mass is 10.1. The van der Waals surface area contributed by atoms with E-state index < -0.39 is 0 Å². The van der Waals surface area contributed by atoms with Crippen LogP contribution in [0.15, 0.2) is 30.3 Å². The summed E-state index contributed by atoms with van der Waals surface area (Å²) in [7, 11) is 0. The highest BCUT2D eigenvalue weighted by molar-refractivity contribution is 5.21. The van der Waals surface area contributed by atoms with Crippen LogP contribution in [-0.4, -0.2) is 9.97 Å². The molecule has 0 bridgehead atoms. The molecule has 0 aliphatic heterocycles. The van der Waals surface area contributed by atoms with Crippen LogP contribution in [0.3, 0.4) is 0 Å². The lowest BCUT2D eigenvalue weighted by Crippen LogP contribution is -2.06. The Morgan fingerprint density at radius 3 is 2.76 bits per heavy atom. The molecule has 1 aromatic carbocycles. The average molecular weight is 231 g/mol. The molecule has 0 fully saturated rings. The molecular formula is C13H14FN3. The summed E-state index contributed by atoms with van der Waals surface area (Å²) < 4.78 is 13.0. The Balaban J connectivity index is 2.26. The summed E-state index contributed by atoms with van der Waals surface area (Å²) in [6.07, 6.45) is 0.520. The molecule has 0 aliphatic carbocycles. The van der Waals surface area contributed by atoms with Gasteiger partial charge in [-0.3, -0.25) is 0 Å². The second-order valence-electron chi connectivity index (χ2n) is 3.93. The van der Waals surface area contributed by atoms with Crippen molar-refractivity contribution in [3.63, 3.8) is 0 Å². The molecule has 0 amide bonds. The van der Waals surface area contributed by atoms with Crippen LogP contribution in [0.4, 0.5) is 4.39 Å². The topological polar surface area (TPSA) is 51.8 Å². The van der Waals surface area contributed by atoms with E-state index in [9.17, 15) is 4.39 Å².